The fourth-order valence-electron chi connectivity index (χ4n) is 2.44. The number of nitrogens with one attached hydrogen (secondary N) is 1. The summed E-state index contributed by atoms with van der Waals surface area (Å²) in [6.07, 6.45) is 4.55. The van der Waals surface area contributed by atoms with Crippen molar-refractivity contribution < 1.29 is 9.84 Å². The van der Waals surface area contributed by atoms with Crippen LogP contribution in [0.1, 0.15) is 29.3 Å². The number of hydrogen-bond acceptors (Lipinski definition) is 7. The minimum atomic E-state index is -0.541. The second-order valence-electron chi connectivity index (χ2n) is 4.86. The van der Waals surface area contributed by atoms with Crippen LogP contribution in [-0.4, -0.2) is 33.1 Å². The molecule has 108 valence electrons. The maximum atomic E-state index is 9.95. The van der Waals surface area contributed by atoms with Crippen LogP contribution in [0.4, 0.5) is 0 Å². The number of thiophene rings is 1. The molecule has 2 aromatic heterocycles. The molecule has 0 aliphatic heterocycles. The average Bonchev–Trinajstić information content (AvgIpc) is 3.13. The average molecular weight is 311 g/mol. The first-order valence-corrected chi connectivity index (χ1v) is 8.32. The molecule has 0 fully saturated rings. The Morgan fingerprint density at radius 1 is 1.55 bits per heavy atom. The summed E-state index contributed by atoms with van der Waals surface area (Å²) >= 11 is 2.93. The molecular weight excluding hydrogens is 294 g/mol. The molecule has 0 saturated carbocycles. The second kappa shape index (κ2) is 6.62. The maximum Gasteiger partial charge on any atom is 0.245 e. The van der Waals surface area contributed by atoms with Crippen LogP contribution in [0.3, 0.4) is 0 Å². The number of hydrogen-bond donors (Lipinski definition) is 2. The molecule has 1 aliphatic rings. The van der Waals surface area contributed by atoms with E-state index in [1.54, 1.807) is 6.20 Å². The Morgan fingerprint density at radius 3 is 3.35 bits per heavy atom. The van der Waals surface area contributed by atoms with Gasteiger partial charge in [-0.25, -0.2) is 0 Å². The van der Waals surface area contributed by atoms with E-state index in [0.717, 1.165) is 18.1 Å². The van der Waals surface area contributed by atoms with Gasteiger partial charge in [-0.15, -0.1) is 15.7 Å². The van der Waals surface area contributed by atoms with Crippen molar-refractivity contribution in [1.29, 1.82) is 0 Å². The number of ether oxygens (including phenoxy) is 1. The second-order valence-corrected chi connectivity index (χ2v) is 6.42. The third-order valence-corrected chi connectivity index (χ3v) is 4.87. The molecule has 2 heterocycles. The predicted molar refractivity (Wildman–Crippen MR) is 79.4 cm³/mol. The van der Waals surface area contributed by atoms with Gasteiger partial charge in [0.25, 0.3) is 0 Å². The molecule has 1 aliphatic carbocycles. The van der Waals surface area contributed by atoms with E-state index in [0.29, 0.717) is 18.5 Å². The van der Waals surface area contributed by atoms with Crippen LogP contribution in [0.2, 0.25) is 0 Å². The van der Waals surface area contributed by atoms with Gasteiger partial charge >= 0.3 is 0 Å². The maximum absolute atomic E-state index is 9.95. The van der Waals surface area contributed by atoms with E-state index >= 15 is 0 Å². The molecule has 0 radical (unpaired) electrons. The molecule has 2 N–H and O–H groups in total. The van der Waals surface area contributed by atoms with Crippen molar-refractivity contribution >= 4 is 23.1 Å². The Bertz CT molecular complexity index is 529. The van der Waals surface area contributed by atoms with Gasteiger partial charge in [0.1, 0.15) is 18.9 Å². The number of fused-ring (bicyclic) bond motifs is 1. The topological polar surface area (TPSA) is 67.3 Å². The number of nitrogens with zero attached hydrogens (tertiary/aromatic N) is 2. The summed E-state index contributed by atoms with van der Waals surface area (Å²) < 4.78 is 13.1. The fraction of sp³-hybridized carbons (Fsp3) is 0.538. The Hall–Kier alpha value is -1.02. The van der Waals surface area contributed by atoms with Gasteiger partial charge < -0.3 is 15.2 Å². The zero-order chi connectivity index (χ0) is 13.8. The fourth-order valence-corrected chi connectivity index (χ4v) is 3.79. The largest absolute Gasteiger partial charge is 0.473 e. The molecule has 0 bridgehead atoms. The third kappa shape index (κ3) is 3.35. The standard InChI is InChI=1S/C13H17N3O2S2/c17-9(8-18-13-7-15-20-16-13)6-14-11-2-1-3-12-10(11)4-5-19-12/h4-5,7,9,11,14,17H,1-3,6,8H2. The van der Waals surface area contributed by atoms with Crippen molar-refractivity contribution in [1.82, 2.24) is 14.1 Å². The molecule has 5 nitrogen and oxygen atoms in total. The van der Waals surface area contributed by atoms with Gasteiger partial charge in [-0.05, 0) is 36.3 Å². The Labute approximate surface area is 125 Å². The molecule has 0 saturated heterocycles. The zero-order valence-corrected chi connectivity index (χ0v) is 12.6. The van der Waals surface area contributed by atoms with Crippen molar-refractivity contribution in [3.05, 3.63) is 28.1 Å². The van der Waals surface area contributed by atoms with E-state index in [1.165, 1.54) is 23.3 Å². The van der Waals surface area contributed by atoms with E-state index in [4.69, 9.17) is 4.74 Å². The molecular formula is C13H17N3O2S2. The van der Waals surface area contributed by atoms with E-state index < -0.39 is 6.10 Å². The lowest BCUT2D eigenvalue weighted by Crippen LogP contribution is -2.35. The summed E-state index contributed by atoms with van der Waals surface area (Å²) in [6, 6.07) is 2.56. The molecule has 20 heavy (non-hydrogen) atoms. The number of aliphatic hydroxyl groups is 1. The number of aliphatic hydroxyl groups excluding tert-OH is 1. The molecule has 0 spiro atoms. The van der Waals surface area contributed by atoms with E-state index in [9.17, 15) is 5.11 Å². The van der Waals surface area contributed by atoms with Crippen LogP contribution in [0.5, 0.6) is 5.88 Å². The smallest absolute Gasteiger partial charge is 0.245 e. The quantitative estimate of drug-likeness (QED) is 0.854. The van der Waals surface area contributed by atoms with Crippen molar-refractivity contribution in [3.63, 3.8) is 0 Å². The molecule has 0 aromatic carbocycles. The Morgan fingerprint density at radius 2 is 2.50 bits per heavy atom. The van der Waals surface area contributed by atoms with Crippen molar-refractivity contribution in [3.8, 4) is 5.88 Å². The molecule has 2 aromatic rings. The summed E-state index contributed by atoms with van der Waals surface area (Å²) in [5.74, 6) is 0.479. The van der Waals surface area contributed by atoms with Crippen LogP contribution in [-0.2, 0) is 6.42 Å². The van der Waals surface area contributed by atoms with Crippen LogP contribution < -0.4 is 10.1 Å². The highest BCUT2D eigenvalue weighted by Crippen LogP contribution is 2.33. The normalized spacial score (nSPS) is 19.6. The van der Waals surface area contributed by atoms with Crippen LogP contribution in [0.15, 0.2) is 17.6 Å². The van der Waals surface area contributed by atoms with Crippen molar-refractivity contribution in [2.75, 3.05) is 13.2 Å². The first kappa shape index (κ1) is 13.9. The van der Waals surface area contributed by atoms with Gasteiger partial charge in [-0.3, -0.25) is 0 Å². The van der Waals surface area contributed by atoms with E-state index in [1.807, 2.05) is 11.3 Å². The van der Waals surface area contributed by atoms with Crippen LogP contribution in [0, 0.1) is 0 Å². The highest BCUT2D eigenvalue weighted by atomic mass is 32.1. The first-order chi connectivity index (χ1) is 9.83. The van der Waals surface area contributed by atoms with Crippen molar-refractivity contribution in [2.24, 2.45) is 0 Å². The summed E-state index contributed by atoms with van der Waals surface area (Å²) in [5.41, 5.74) is 1.40. The van der Waals surface area contributed by atoms with Gasteiger partial charge in [0.15, 0.2) is 0 Å². The molecule has 3 rings (SSSR count). The number of aromatic nitrogens is 2. The minimum absolute atomic E-state index is 0.238. The molecule has 2 unspecified atom stereocenters. The van der Waals surface area contributed by atoms with Gasteiger partial charge in [-0.1, -0.05) is 0 Å². The lowest BCUT2D eigenvalue weighted by molar-refractivity contribution is 0.101. The zero-order valence-electron chi connectivity index (χ0n) is 11.0. The van der Waals surface area contributed by atoms with Gasteiger partial charge in [0.2, 0.25) is 5.88 Å². The molecule has 7 heteroatoms. The van der Waals surface area contributed by atoms with Crippen molar-refractivity contribution in [2.45, 2.75) is 31.4 Å². The lowest BCUT2D eigenvalue weighted by Gasteiger charge is -2.25. The molecule has 0 amide bonds. The number of aryl methyl sites for hydroxylation is 1. The monoisotopic (exact) mass is 311 g/mol. The highest BCUT2D eigenvalue weighted by molar-refractivity contribution is 7.10. The van der Waals surface area contributed by atoms with Gasteiger partial charge in [0.05, 0.1) is 11.7 Å². The Balaban J connectivity index is 1.45. The summed E-state index contributed by atoms with van der Waals surface area (Å²) in [6.45, 7) is 0.763. The van der Waals surface area contributed by atoms with E-state index in [2.05, 4.69) is 25.5 Å². The number of rotatable bonds is 6. The van der Waals surface area contributed by atoms with E-state index in [-0.39, 0.29) is 6.61 Å². The highest BCUT2D eigenvalue weighted by Gasteiger charge is 2.21. The van der Waals surface area contributed by atoms with Gasteiger partial charge in [-0.2, -0.15) is 4.37 Å². The predicted octanol–water partition coefficient (Wildman–Crippen LogP) is 2.01. The van der Waals surface area contributed by atoms with Gasteiger partial charge in [0, 0.05) is 17.5 Å². The summed E-state index contributed by atoms with van der Waals surface area (Å²) in [7, 11) is 0. The SMILES string of the molecule is OC(CNC1CCCc2sccc21)COc1cnsn1. The first-order valence-electron chi connectivity index (χ1n) is 6.71. The summed E-state index contributed by atoms with van der Waals surface area (Å²) in [4.78, 5) is 1.48. The summed E-state index contributed by atoms with van der Waals surface area (Å²) in [5, 5.41) is 15.5. The lowest BCUT2D eigenvalue weighted by atomic mass is 9.94. The third-order valence-electron chi connectivity index (χ3n) is 3.42. The van der Waals surface area contributed by atoms with Crippen LogP contribution >= 0.6 is 23.1 Å². The van der Waals surface area contributed by atoms with Crippen LogP contribution in [0.25, 0.3) is 0 Å². The minimum Gasteiger partial charge on any atom is -0.473 e. The molecule has 2 atom stereocenters. The Kier molecular flexibility index (Phi) is 4.62.